The second kappa shape index (κ2) is 6.68. The third-order valence-corrected chi connectivity index (χ3v) is 7.31. The van der Waals surface area contributed by atoms with Gasteiger partial charge in [0.25, 0.3) is 0 Å². The summed E-state index contributed by atoms with van der Waals surface area (Å²) in [6.45, 7) is 0.952. The highest BCUT2D eigenvalue weighted by molar-refractivity contribution is 7.89. The summed E-state index contributed by atoms with van der Waals surface area (Å²) in [6.07, 6.45) is 3.64. The summed E-state index contributed by atoms with van der Waals surface area (Å²) in [7, 11) is -3.55. The number of nitrogens with zero attached hydrogens (tertiary/aromatic N) is 4. The Balaban J connectivity index is 1.48. The van der Waals surface area contributed by atoms with Crippen molar-refractivity contribution in [2.24, 2.45) is 0 Å². The van der Waals surface area contributed by atoms with Crippen molar-refractivity contribution in [3.05, 3.63) is 72.7 Å². The molecule has 0 N–H and O–H groups in total. The Bertz CT molecular complexity index is 1270. The number of piperidine rings is 1. The third kappa shape index (κ3) is 2.87. The average molecular weight is 392 g/mol. The van der Waals surface area contributed by atoms with Crippen LogP contribution in [0.5, 0.6) is 0 Å². The molecule has 0 spiro atoms. The van der Waals surface area contributed by atoms with Crippen LogP contribution in [0.25, 0.3) is 16.4 Å². The summed E-state index contributed by atoms with van der Waals surface area (Å²) in [5.41, 5.74) is 0.784. The Morgan fingerprint density at radius 3 is 2.64 bits per heavy atom. The second-order valence-corrected chi connectivity index (χ2v) is 9.14. The van der Waals surface area contributed by atoms with E-state index in [9.17, 15) is 8.42 Å². The maximum Gasteiger partial charge on any atom is 0.243 e. The van der Waals surface area contributed by atoms with Gasteiger partial charge in [0.05, 0.1) is 4.90 Å². The van der Waals surface area contributed by atoms with Crippen molar-refractivity contribution in [2.75, 3.05) is 13.1 Å². The molecule has 142 valence electrons. The molecule has 1 unspecified atom stereocenters. The second-order valence-electron chi connectivity index (χ2n) is 7.20. The molecule has 3 heterocycles. The van der Waals surface area contributed by atoms with Crippen molar-refractivity contribution < 1.29 is 8.42 Å². The maximum atomic E-state index is 13.3. The summed E-state index contributed by atoms with van der Waals surface area (Å²) >= 11 is 0. The highest BCUT2D eigenvalue weighted by atomic mass is 32.2. The molecule has 2 aromatic heterocycles. The minimum Gasteiger partial charge on any atom is -0.286 e. The number of fused-ring (bicyclic) bond motifs is 2. The van der Waals surface area contributed by atoms with Gasteiger partial charge in [-0.15, -0.1) is 10.2 Å². The van der Waals surface area contributed by atoms with E-state index in [0.717, 1.165) is 35.1 Å². The third-order valence-electron chi connectivity index (χ3n) is 5.45. The number of aromatic nitrogens is 3. The standard InChI is InChI=1S/C21H20N4O2S/c26-28(27,19-11-10-16-6-1-2-7-17(16)14-19)24-12-5-8-18(15-24)21-23-22-20-9-3-4-13-25(20)21/h1-4,6-7,9-11,13-14,18H,5,8,12,15H2. The summed E-state index contributed by atoms with van der Waals surface area (Å²) in [4.78, 5) is 0.345. The van der Waals surface area contributed by atoms with E-state index < -0.39 is 10.0 Å². The number of benzene rings is 2. The van der Waals surface area contributed by atoms with Gasteiger partial charge < -0.3 is 0 Å². The number of sulfonamides is 1. The SMILES string of the molecule is O=S(=O)(c1ccc2ccccc2c1)N1CCCC(c2nnc3ccccn23)C1. The van der Waals surface area contributed by atoms with Gasteiger partial charge >= 0.3 is 0 Å². The Kier molecular flexibility index (Phi) is 4.14. The van der Waals surface area contributed by atoms with Gasteiger partial charge in [-0.25, -0.2) is 8.42 Å². The minimum absolute atomic E-state index is 0.0291. The quantitative estimate of drug-likeness (QED) is 0.536. The molecule has 6 nitrogen and oxygen atoms in total. The van der Waals surface area contributed by atoms with E-state index in [0.29, 0.717) is 18.0 Å². The lowest BCUT2D eigenvalue weighted by molar-refractivity contribution is 0.308. The van der Waals surface area contributed by atoms with Crippen LogP contribution in [-0.2, 0) is 10.0 Å². The Labute approximate surface area is 163 Å². The zero-order valence-corrected chi connectivity index (χ0v) is 16.1. The van der Waals surface area contributed by atoms with E-state index >= 15 is 0 Å². The van der Waals surface area contributed by atoms with Crippen LogP contribution in [-0.4, -0.2) is 40.4 Å². The molecule has 0 amide bonds. The van der Waals surface area contributed by atoms with Gasteiger partial charge in [0, 0.05) is 25.2 Å². The molecule has 1 aliphatic heterocycles. The van der Waals surface area contributed by atoms with E-state index in [1.807, 2.05) is 59.1 Å². The molecule has 28 heavy (non-hydrogen) atoms. The van der Waals surface area contributed by atoms with Crippen LogP contribution in [0.15, 0.2) is 71.8 Å². The van der Waals surface area contributed by atoms with E-state index in [2.05, 4.69) is 10.2 Å². The fourth-order valence-corrected chi connectivity index (χ4v) is 5.55. The zero-order chi connectivity index (χ0) is 19.1. The lowest BCUT2D eigenvalue weighted by atomic mass is 9.99. The molecule has 1 atom stereocenters. The van der Waals surface area contributed by atoms with E-state index in [1.165, 1.54) is 0 Å². The number of pyridine rings is 1. The molecular formula is C21H20N4O2S. The molecule has 1 fully saturated rings. The van der Waals surface area contributed by atoms with Gasteiger partial charge in [0.15, 0.2) is 5.65 Å². The number of hydrogen-bond donors (Lipinski definition) is 0. The van der Waals surface area contributed by atoms with Crippen molar-refractivity contribution >= 4 is 26.4 Å². The first-order chi connectivity index (χ1) is 13.6. The molecular weight excluding hydrogens is 372 g/mol. The predicted molar refractivity (Wildman–Crippen MR) is 108 cm³/mol. The smallest absolute Gasteiger partial charge is 0.243 e. The van der Waals surface area contributed by atoms with E-state index in [1.54, 1.807) is 16.4 Å². The monoisotopic (exact) mass is 392 g/mol. The van der Waals surface area contributed by atoms with Crippen LogP contribution in [0.2, 0.25) is 0 Å². The van der Waals surface area contributed by atoms with Crippen molar-refractivity contribution in [3.63, 3.8) is 0 Å². The Morgan fingerprint density at radius 1 is 0.929 bits per heavy atom. The average Bonchev–Trinajstić information content (AvgIpc) is 3.18. The fourth-order valence-electron chi connectivity index (χ4n) is 3.99. The topological polar surface area (TPSA) is 67.6 Å². The van der Waals surface area contributed by atoms with Gasteiger partial charge in [0.2, 0.25) is 10.0 Å². The van der Waals surface area contributed by atoms with Crippen LogP contribution in [0.1, 0.15) is 24.6 Å². The van der Waals surface area contributed by atoms with Crippen molar-refractivity contribution in [1.29, 1.82) is 0 Å². The maximum absolute atomic E-state index is 13.3. The molecule has 7 heteroatoms. The molecule has 1 aliphatic rings. The molecule has 0 saturated carbocycles. The lowest BCUT2D eigenvalue weighted by Gasteiger charge is -2.31. The highest BCUT2D eigenvalue weighted by Gasteiger charge is 2.32. The van der Waals surface area contributed by atoms with Gasteiger partial charge in [-0.3, -0.25) is 4.40 Å². The first-order valence-corrected chi connectivity index (χ1v) is 10.9. The first-order valence-electron chi connectivity index (χ1n) is 9.41. The van der Waals surface area contributed by atoms with Gasteiger partial charge in [0.1, 0.15) is 5.82 Å². The van der Waals surface area contributed by atoms with Crippen LogP contribution >= 0.6 is 0 Å². The number of hydrogen-bond acceptors (Lipinski definition) is 4. The van der Waals surface area contributed by atoms with Gasteiger partial charge in [-0.05, 0) is 47.9 Å². The largest absolute Gasteiger partial charge is 0.286 e. The van der Waals surface area contributed by atoms with Crippen molar-refractivity contribution in [3.8, 4) is 0 Å². The van der Waals surface area contributed by atoms with Crippen molar-refractivity contribution in [2.45, 2.75) is 23.7 Å². The Morgan fingerprint density at radius 2 is 1.75 bits per heavy atom. The van der Waals surface area contributed by atoms with E-state index in [-0.39, 0.29) is 5.92 Å². The molecule has 5 rings (SSSR count). The van der Waals surface area contributed by atoms with Crippen molar-refractivity contribution in [1.82, 2.24) is 18.9 Å². The highest BCUT2D eigenvalue weighted by Crippen LogP contribution is 2.30. The first kappa shape index (κ1) is 17.3. The molecule has 0 aliphatic carbocycles. The molecule has 2 aromatic carbocycles. The molecule has 1 saturated heterocycles. The zero-order valence-electron chi connectivity index (χ0n) is 15.3. The minimum atomic E-state index is -3.55. The van der Waals surface area contributed by atoms with Gasteiger partial charge in [-0.1, -0.05) is 36.4 Å². The normalized spacial score (nSPS) is 18.6. The number of rotatable bonds is 3. The molecule has 0 bridgehead atoms. The van der Waals surface area contributed by atoms with Crippen LogP contribution in [0, 0.1) is 0 Å². The van der Waals surface area contributed by atoms with Crippen LogP contribution < -0.4 is 0 Å². The molecule has 0 radical (unpaired) electrons. The molecule has 4 aromatic rings. The summed E-state index contributed by atoms with van der Waals surface area (Å²) in [5.74, 6) is 0.857. The van der Waals surface area contributed by atoms with Crippen LogP contribution in [0.3, 0.4) is 0 Å². The Hall–Kier alpha value is -2.77. The van der Waals surface area contributed by atoms with Crippen LogP contribution in [0.4, 0.5) is 0 Å². The predicted octanol–water partition coefficient (Wildman–Crippen LogP) is 3.45. The summed E-state index contributed by atoms with van der Waals surface area (Å²) < 4.78 is 30.1. The van der Waals surface area contributed by atoms with E-state index in [4.69, 9.17) is 0 Å². The van der Waals surface area contributed by atoms with Gasteiger partial charge in [-0.2, -0.15) is 4.31 Å². The lowest BCUT2D eigenvalue weighted by Crippen LogP contribution is -2.39. The summed E-state index contributed by atoms with van der Waals surface area (Å²) in [5, 5.41) is 10.5. The summed E-state index contributed by atoms with van der Waals surface area (Å²) in [6, 6.07) is 18.9. The fraction of sp³-hybridized carbons (Fsp3) is 0.238.